The molecule has 1 aromatic carbocycles. The van der Waals surface area contributed by atoms with Crippen LogP contribution in [0.25, 0.3) is 11.5 Å². The number of rotatable bonds is 8. The van der Waals surface area contributed by atoms with E-state index in [1.165, 1.54) is 0 Å². The lowest BCUT2D eigenvalue weighted by atomic mass is 10.1. The van der Waals surface area contributed by atoms with Gasteiger partial charge in [-0.3, -0.25) is 9.59 Å². The van der Waals surface area contributed by atoms with Crippen LogP contribution in [0.2, 0.25) is 0 Å². The summed E-state index contributed by atoms with van der Waals surface area (Å²) in [5.41, 5.74) is 6.87. The van der Waals surface area contributed by atoms with Crippen LogP contribution in [0, 0.1) is 6.92 Å². The standard InChI is InChI=1S/C21H26F2N4O3.ClH/c1-14-17(26-19(30-14)15-7-3-2-4-8-15)18(28)25-11-6-5-9-16(24)20(29)27-12-10-21(22,23)13-27;/h2-4,7-8,16H,5-6,9-13,24H2,1H3,(H,25,28);1H/t16-;/m0./s1. The fourth-order valence-electron chi connectivity index (χ4n) is 3.37. The number of alkyl halides is 2. The van der Waals surface area contributed by atoms with E-state index in [1.54, 1.807) is 6.92 Å². The Kier molecular flexibility index (Phi) is 8.52. The molecule has 1 atom stereocenters. The first kappa shape index (κ1) is 24.7. The topological polar surface area (TPSA) is 101 Å². The van der Waals surface area contributed by atoms with Gasteiger partial charge in [0.2, 0.25) is 11.8 Å². The first-order valence-corrected chi connectivity index (χ1v) is 10.00. The van der Waals surface area contributed by atoms with E-state index in [9.17, 15) is 18.4 Å². The highest BCUT2D eigenvalue weighted by atomic mass is 35.5. The molecule has 0 aliphatic carbocycles. The van der Waals surface area contributed by atoms with Crippen LogP contribution >= 0.6 is 12.4 Å². The van der Waals surface area contributed by atoms with Crippen molar-refractivity contribution in [2.75, 3.05) is 19.6 Å². The Balaban J connectivity index is 0.00000341. The molecule has 0 spiro atoms. The van der Waals surface area contributed by atoms with Crippen molar-refractivity contribution in [3.8, 4) is 11.5 Å². The molecule has 2 amide bonds. The van der Waals surface area contributed by atoms with Crippen molar-refractivity contribution in [1.29, 1.82) is 0 Å². The van der Waals surface area contributed by atoms with Gasteiger partial charge >= 0.3 is 0 Å². The number of hydrogen-bond acceptors (Lipinski definition) is 5. The number of carbonyl (C=O) groups excluding carboxylic acids is 2. The third-order valence-corrected chi connectivity index (χ3v) is 5.06. The third kappa shape index (κ3) is 6.48. The average molecular weight is 457 g/mol. The molecule has 1 aliphatic rings. The predicted molar refractivity (Wildman–Crippen MR) is 114 cm³/mol. The van der Waals surface area contributed by atoms with Crippen LogP contribution in [-0.4, -0.2) is 53.3 Å². The van der Waals surface area contributed by atoms with Crippen LogP contribution in [0.5, 0.6) is 0 Å². The van der Waals surface area contributed by atoms with Crippen molar-refractivity contribution in [3.05, 3.63) is 41.8 Å². The zero-order chi connectivity index (χ0) is 21.7. The van der Waals surface area contributed by atoms with Gasteiger partial charge in [-0.05, 0) is 38.3 Å². The lowest BCUT2D eigenvalue weighted by Gasteiger charge is -2.20. The van der Waals surface area contributed by atoms with Gasteiger partial charge in [0.25, 0.3) is 11.8 Å². The Hall–Kier alpha value is -2.52. The highest BCUT2D eigenvalue weighted by Crippen LogP contribution is 2.27. The normalized spacial score (nSPS) is 15.9. The number of unbranched alkanes of at least 4 members (excludes halogenated alkanes) is 1. The van der Waals surface area contributed by atoms with Crippen molar-refractivity contribution in [2.45, 2.75) is 44.6 Å². The highest BCUT2D eigenvalue weighted by molar-refractivity contribution is 5.93. The Labute approximate surface area is 185 Å². The van der Waals surface area contributed by atoms with Crippen LogP contribution in [0.1, 0.15) is 41.9 Å². The summed E-state index contributed by atoms with van der Waals surface area (Å²) in [5, 5.41) is 2.78. The first-order chi connectivity index (χ1) is 14.3. The molecule has 0 radical (unpaired) electrons. The molecule has 0 unspecified atom stereocenters. The molecule has 170 valence electrons. The Morgan fingerprint density at radius 2 is 2.00 bits per heavy atom. The van der Waals surface area contributed by atoms with Crippen LogP contribution < -0.4 is 11.1 Å². The molecular weight excluding hydrogens is 430 g/mol. The fraction of sp³-hybridized carbons (Fsp3) is 0.476. The molecule has 0 bridgehead atoms. The zero-order valence-corrected chi connectivity index (χ0v) is 18.1. The Morgan fingerprint density at radius 1 is 1.29 bits per heavy atom. The maximum Gasteiger partial charge on any atom is 0.273 e. The zero-order valence-electron chi connectivity index (χ0n) is 17.3. The van der Waals surface area contributed by atoms with Gasteiger partial charge in [0.1, 0.15) is 5.76 Å². The molecule has 1 saturated heterocycles. The number of amides is 2. The smallest absolute Gasteiger partial charge is 0.273 e. The summed E-state index contributed by atoms with van der Waals surface area (Å²) in [6, 6.07) is 8.49. The minimum absolute atomic E-state index is 0. The summed E-state index contributed by atoms with van der Waals surface area (Å²) < 4.78 is 32.0. The maximum atomic E-state index is 13.2. The van der Waals surface area contributed by atoms with Crippen molar-refractivity contribution >= 4 is 24.2 Å². The second-order valence-electron chi connectivity index (χ2n) is 7.51. The van der Waals surface area contributed by atoms with Crippen LogP contribution in [-0.2, 0) is 4.79 Å². The molecule has 31 heavy (non-hydrogen) atoms. The molecule has 2 aromatic rings. The van der Waals surface area contributed by atoms with E-state index in [0.717, 1.165) is 10.5 Å². The number of halogens is 3. The number of aryl methyl sites for hydroxylation is 1. The summed E-state index contributed by atoms with van der Waals surface area (Å²) in [6.45, 7) is 1.55. The number of nitrogens with one attached hydrogen (secondary N) is 1. The summed E-state index contributed by atoms with van der Waals surface area (Å²) in [6.07, 6.45) is 1.25. The van der Waals surface area contributed by atoms with Gasteiger partial charge in [-0.2, -0.15) is 0 Å². The molecule has 1 aromatic heterocycles. The average Bonchev–Trinajstić information content (AvgIpc) is 3.29. The van der Waals surface area contributed by atoms with Crippen LogP contribution in [0.3, 0.4) is 0 Å². The number of benzene rings is 1. The van der Waals surface area contributed by atoms with Crippen molar-refractivity contribution in [3.63, 3.8) is 0 Å². The molecule has 3 rings (SSSR count). The van der Waals surface area contributed by atoms with E-state index < -0.39 is 24.4 Å². The second-order valence-corrected chi connectivity index (χ2v) is 7.51. The van der Waals surface area contributed by atoms with Gasteiger partial charge in [0.05, 0.1) is 12.6 Å². The molecule has 1 fully saturated rings. The molecule has 2 heterocycles. The lowest BCUT2D eigenvalue weighted by Crippen LogP contribution is -2.43. The van der Waals surface area contributed by atoms with E-state index in [2.05, 4.69) is 10.3 Å². The molecule has 0 saturated carbocycles. The van der Waals surface area contributed by atoms with Crippen LogP contribution in [0.4, 0.5) is 8.78 Å². The monoisotopic (exact) mass is 456 g/mol. The number of nitrogens with two attached hydrogens (primary N) is 1. The number of hydrogen-bond donors (Lipinski definition) is 2. The number of aromatic nitrogens is 1. The van der Waals surface area contributed by atoms with Crippen molar-refractivity contribution < 1.29 is 22.8 Å². The molecular formula is C21H27ClF2N4O3. The summed E-state index contributed by atoms with van der Waals surface area (Å²) in [5.74, 6) is -2.78. The second kappa shape index (κ2) is 10.7. The molecule has 10 heteroatoms. The van der Waals surface area contributed by atoms with Crippen molar-refractivity contribution in [1.82, 2.24) is 15.2 Å². The summed E-state index contributed by atoms with van der Waals surface area (Å²) in [4.78, 5) is 29.9. The van der Waals surface area contributed by atoms with E-state index in [4.69, 9.17) is 10.2 Å². The van der Waals surface area contributed by atoms with Gasteiger partial charge in [-0.1, -0.05) is 18.2 Å². The summed E-state index contributed by atoms with van der Waals surface area (Å²) >= 11 is 0. The van der Waals surface area contributed by atoms with E-state index in [0.29, 0.717) is 37.5 Å². The number of likely N-dealkylation sites (tertiary alicyclic amines) is 1. The molecule has 7 nitrogen and oxygen atoms in total. The lowest BCUT2D eigenvalue weighted by molar-refractivity contribution is -0.133. The molecule has 1 aliphatic heterocycles. The quantitative estimate of drug-likeness (QED) is 0.594. The van der Waals surface area contributed by atoms with Crippen LogP contribution in [0.15, 0.2) is 34.7 Å². The van der Waals surface area contributed by atoms with E-state index in [1.807, 2.05) is 30.3 Å². The SMILES string of the molecule is Cc1oc(-c2ccccc2)nc1C(=O)NCCCC[C@H](N)C(=O)N1CCC(F)(F)C1.Cl. The van der Waals surface area contributed by atoms with E-state index in [-0.39, 0.29) is 37.0 Å². The number of oxazole rings is 1. The summed E-state index contributed by atoms with van der Waals surface area (Å²) in [7, 11) is 0. The third-order valence-electron chi connectivity index (χ3n) is 5.06. The highest BCUT2D eigenvalue weighted by Gasteiger charge is 2.41. The van der Waals surface area contributed by atoms with Gasteiger partial charge < -0.3 is 20.4 Å². The minimum Gasteiger partial charge on any atom is -0.441 e. The van der Waals surface area contributed by atoms with Gasteiger partial charge in [-0.25, -0.2) is 13.8 Å². The van der Waals surface area contributed by atoms with Gasteiger partial charge in [0, 0.05) is 25.1 Å². The van der Waals surface area contributed by atoms with Crippen molar-refractivity contribution in [2.24, 2.45) is 5.73 Å². The minimum atomic E-state index is -2.82. The number of nitrogens with zero attached hydrogens (tertiary/aromatic N) is 2. The molecule has 3 N–H and O–H groups in total. The first-order valence-electron chi connectivity index (χ1n) is 10.00. The Morgan fingerprint density at radius 3 is 2.65 bits per heavy atom. The number of carbonyl (C=O) groups is 2. The predicted octanol–water partition coefficient (Wildman–Crippen LogP) is 3.17. The fourth-order valence-corrected chi connectivity index (χ4v) is 3.37. The van der Waals surface area contributed by atoms with E-state index >= 15 is 0 Å². The van der Waals surface area contributed by atoms with Gasteiger partial charge in [-0.15, -0.1) is 12.4 Å². The largest absolute Gasteiger partial charge is 0.441 e. The van der Waals surface area contributed by atoms with Gasteiger partial charge in [0.15, 0.2) is 5.69 Å². The Bertz CT molecular complexity index is 892. The maximum absolute atomic E-state index is 13.2.